The lowest BCUT2D eigenvalue weighted by Gasteiger charge is -2.38. The minimum Gasteiger partial charge on any atom is -0.377 e. The number of amides is 2. The van der Waals surface area contributed by atoms with Crippen molar-refractivity contribution in [2.24, 2.45) is 5.92 Å². The monoisotopic (exact) mass is 309 g/mol. The van der Waals surface area contributed by atoms with E-state index in [4.69, 9.17) is 4.74 Å². The molecule has 0 spiro atoms. The van der Waals surface area contributed by atoms with E-state index in [1.807, 2.05) is 0 Å². The number of ether oxygens (including phenoxy) is 1. The van der Waals surface area contributed by atoms with Gasteiger partial charge in [0.2, 0.25) is 11.8 Å². The van der Waals surface area contributed by atoms with Crippen LogP contribution in [0.15, 0.2) is 0 Å². The van der Waals surface area contributed by atoms with Crippen molar-refractivity contribution in [2.45, 2.75) is 44.7 Å². The number of carbonyl (C=O) groups excluding carboxylic acids is 2. The van der Waals surface area contributed by atoms with E-state index in [9.17, 15) is 9.59 Å². The van der Waals surface area contributed by atoms with E-state index >= 15 is 0 Å². The molecule has 6 heteroatoms. The first-order chi connectivity index (χ1) is 10.6. The van der Waals surface area contributed by atoms with E-state index in [-0.39, 0.29) is 17.9 Å². The third-order valence-electron chi connectivity index (χ3n) is 5.01. The summed E-state index contributed by atoms with van der Waals surface area (Å²) in [6.45, 7) is 5.95. The van der Waals surface area contributed by atoms with Crippen LogP contribution in [0, 0.1) is 5.92 Å². The first kappa shape index (κ1) is 15.7. The van der Waals surface area contributed by atoms with Crippen molar-refractivity contribution >= 4 is 11.8 Å². The van der Waals surface area contributed by atoms with Crippen LogP contribution in [-0.4, -0.2) is 73.1 Å². The van der Waals surface area contributed by atoms with E-state index in [0.717, 1.165) is 32.5 Å². The van der Waals surface area contributed by atoms with Crippen molar-refractivity contribution in [3.63, 3.8) is 0 Å². The molecule has 124 valence electrons. The van der Waals surface area contributed by atoms with Gasteiger partial charge < -0.3 is 15.0 Å². The average molecular weight is 309 g/mol. The molecule has 0 radical (unpaired) electrons. The Morgan fingerprint density at radius 1 is 1.14 bits per heavy atom. The zero-order chi connectivity index (χ0) is 15.5. The summed E-state index contributed by atoms with van der Waals surface area (Å²) in [6, 6.07) is 0.574. The molecule has 1 saturated carbocycles. The van der Waals surface area contributed by atoms with Crippen molar-refractivity contribution in [1.82, 2.24) is 15.1 Å². The zero-order valence-electron chi connectivity index (χ0n) is 13.4. The van der Waals surface area contributed by atoms with Gasteiger partial charge in [0.25, 0.3) is 0 Å². The lowest BCUT2D eigenvalue weighted by Crippen LogP contribution is -2.54. The summed E-state index contributed by atoms with van der Waals surface area (Å²) >= 11 is 0. The number of nitrogens with one attached hydrogen (secondary N) is 1. The van der Waals surface area contributed by atoms with Gasteiger partial charge in [0, 0.05) is 32.6 Å². The predicted molar refractivity (Wildman–Crippen MR) is 82.3 cm³/mol. The van der Waals surface area contributed by atoms with Gasteiger partial charge in [-0.05, 0) is 31.6 Å². The number of carbonyl (C=O) groups is 2. The Balaban J connectivity index is 1.46. The molecule has 0 aromatic heterocycles. The molecule has 3 aliphatic rings. The Bertz CT molecular complexity index is 417. The highest BCUT2D eigenvalue weighted by atomic mass is 16.5. The molecule has 2 aliphatic heterocycles. The minimum absolute atomic E-state index is 0.0371. The zero-order valence-corrected chi connectivity index (χ0v) is 13.4. The minimum atomic E-state index is 0.0371. The average Bonchev–Trinajstić information content (AvgIpc) is 3.33. The Kier molecular flexibility index (Phi) is 4.98. The predicted octanol–water partition coefficient (Wildman–Crippen LogP) is 0.224. The highest BCUT2D eigenvalue weighted by molar-refractivity contribution is 5.79. The summed E-state index contributed by atoms with van der Waals surface area (Å²) in [5.41, 5.74) is 0. The maximum atomic E-state index is 12.6. The fourth-order valence-electron chi connectivity index (χ4n) is 3.61. The molecule has 1 aliphatic carbocycles. The van der Waals surface area contributed by atoms with Gasteiger partial charge in [-0.1, -0.05) is 0 Å². The van der Waals surface area contributed by atoms with Crippen molar-refractivity contribution in [3.8, 4) is 0 Å². The quantitative estimate of drug-likeness (QED) is 0.807. The highest BCUT2D eigenvalue weighted by Gasteiger charge is 2.39. The molecular weight excluding hydrogens is 282 g/mol. The number of rotatable bonds is 4. The van der Waals surface area contributed by atoms with Gasteiger partial charge >= 0.3 is 0 Å². The standard InChI is InChI=1S/C16H27N3O3/c1-12(20)17-14-4-6-18(7-5-14)10-16(21)19-8-9-22-11-15(19)13-2-3-13/h13-15H,2-11H2,1H3,(H,17,20). The molecule has 1 unspecified atom stereocenters. The Hall–Kier alpha value is -1.14. The van der Waals surface area contributed by atoms with E-state index in [1.54, 1.807) is 6.92 Å². The molecule has 0 aromatic carbocycles. The maximum Gasteiger partial charge on any atom is 0.237 e. The molecular formula is C16H27N3O3. The smallest absolute Gasteiger partial charge is 0.237 e. The summed E-state index contributed by atoms with van der Waals surface area (Å²) in [4.78, 5) is 28.0. The topological polar surface area (TPSA) is 61.9 Å². The summed E-state index contributed by atoms with van der Waals surface area (Å²) in [7, 11) is 0. The van der Waals surface area contributed by atoms with Crippen molar-refractivity contribution in [2.75, 3.05) is 39.4 Å². The van der Waals surface area contributed by atoms with Crippen LogP contribution in [0.2, 0.25) is 0 Å². The van der Waals surface area contributed by atoms with Gasteiger partial charge in [0.1, 0.15) is 0 Å². The van der Waals surface area contributed by atoms with E-state index in [1.165, 1.54) is 12.8 Å². The molecule has 1 atom stereocenters. The van der Waals surface area contributed by atoms with Crippen LogP contribution >= 0.6 is 0 Å². The second kappa shape index (κ2) is 6.96. The van der Waals surface area contributed by atoms with Crippen LogP contribution in [0.1, 0.15) is 32.6 Å². The highest BCUT2D eigenvalue weighted by Crippen LogP contribution is 2.36. The molecule has 3 fully saturated rings. The molecule has 2 saturated heterocycles. The Morgan fingerprint density at radius 2 is 1.86 bits per heavy atom. The fourth-order valence-corrected chi connectivity index (χ4v) is 3.61. The number of likely N-dealkylation sites (tertiary alicyclic amines) is 1. The van der Waals surface area contributed by atoms with Crippen LogP contribution in [0.4, 0.5) is 0 Å². The van der Waals surface area contributed by atoms with Crippen LogP contribution in [0.3, 0.4) is 0 Å². The van der Waals surface area contributed by atoms with Gasteiger partial charge in [-0.15, -0.1) is 0 Å². The van der Waals surface area contributed by atoms with Crippen molar-refractivity contribution < 1.29 is 14.3 Å². The van der Waals surface area contributed by atoms with E-state index in [2.05, 4.69) is 15.1 Å². The van der Waals surface area contributed by atoms with Gasteiger partial charge in [-0.25, -0.2) is 0 Å². The normalized spacial score (nSPS) is 27.7. The van der Waals surface area contributed by atoms with Gasteiger partial charge in [-0.3, -0.25) is 14.5 Å². The molecule has 2 heterocycles. The summed E-state index contributed by atoms with van der Waals surface area (Å²) in [6.07, 6.45) is 4.34. The Morgan fingerprint density at radius 3 is 2.50 bits per heavy atom. The third kappa shape index (κ3) is 3.98. The molecule has 6 nitrogen and oxygen atoms in total. The number of hydrogen-bond donors (Lipinski definition) is 1. The molecule has 0 bridgehead atoms. The van der Waals surface area contributed by atoms with E-state index in [0.29, 0.717) is 31.7 Å². The third-order valence-corrected chi connectivity index (χ3v) is 5.01. The number of hydrogen-bond acceptors (Lipinski definition) is 4. The van der Waals surface area contributed by atoms with Crippen LogP contribution in [-0.2, 0) is 14.3 Å². The number of piperidine rings is 1. The first-order valence-electron chi connectivity index (χ1n) is 8.50. The van der Waals surface area contributed by atoms with Gasteiger partial charge in [0.15, 0.2) is 0 Å². The fraction of sp³-hybridized carbons (Fsp3) is 0.875. The molecule has 3 rings (SSSR count). The largest absolute Gasteiger partial charge is 0.377 e. The summed E-state index contributed by atoms with van der Waals surface area (Å²) < 4.78 is 5.56. The second-order valence-electron chi connectivity index (χ2n) is 6.82. The van der Waals surface area contributed by atoms with Crippen molar-refractivity contribution in [1.29, 1.82) is 0 Å². The summed E-state index contributed by atoms with van der Waals surface area (Å²) in [5, 5.41) is 2.97. The lowest BCUT2D eigenvalue weighted by molar-refractivity contribution is -0.142. The maximum absolute atomic E-state index is 12.6. The van der Waals surface area contributed by atoms with Crippen molar-refractivity contribution in [3.05, 3.63) is 0 Å². The molecule has 22 heavy (non-hydrogen) atoms. The summed E-state index contributed by atoms with van der Waals surface area (Å²) in [5.74, 6) is 0.947. The molecule has 0 aromatic rings. The number of morpholine rings is 1. The SMILES string of the molecule is CC(=O)NC1CCN(CC(=O)N2CCOCC2C2CC2)CC1. The van der Waals surface area contributed by atoms with E-state index < -0.39 is 0 Å². The number of nitrogens with zero attached hydrogens (tertiary/aromatic N) is 2. The van der Waals surface area contributed by atoms with Gasteiger partial charge in [0.05, 0.1) is 25.8 Å². The second-order valence-corrected chi connectivity index (χ2v) is 6.82. The van der Waals surface area contributed by atoms with Crippen LogP contribution in [0.25, 0.3) is 0 Å². The molecule has 1 N–H and O–H groups in total. The Labute approximate surface area is 132 Å². The van der Waals surface area contributed by atoms with Crippen LogP contribution < -0.4 is 5.32 Å². The molecule has 2 amide bonds. The first-order valence-corrected chi connectivity index (χ1v) is 8.50. The van der Waals surface area contributed by atoms with Crippen LogP contribution in [0.5, 0.6) is 0 Å². The lowest BCUT2D eigenvalue weighted by atomic mass is 10.0. The van der Waals surface area contributed by atoms with Gasteiger partial charge in [-0.2, -0.15) is 0 Å².